The zero-order valence-electron chi connectivity index (χ0n) is 13.5. The van der Waals surface area contributed by atoms with Crippen LogP contribution in [-0.4, -0.2) is 23.3 Å². The Labute approximate surface area is 149 Å². The Balaban J connectivity index is 1.40. The van der Waals surface area contributed by atoms with Gasteiger partial charge in [0.1, 0.15) is 5.76 Å². The Bertz CT molecular complexity index is 862. The highest BCUT2D eigenvalue weighted by atomic mass is 32.2. The van der Waals surface area contributed by atoms with E-state index in [0.29, 0.717) is 12.3 Å². The van der Waals surface area contributed by atoms with Crippen molar-refractivity contribution in [3.63, 3.8) is 0 Å². The molecular formula is C19H18N2O3S. The van der Waals surface area contributed by atoms with Crippen LogP contribution >= 0.6 is 11.8 Å². The number of amides is 2. The minimum atomic E-state index is -0.126. The summed E-state index contributed by atoms with van der Waals surface area (Å²) in [5, 5.41) is 7.80. The van der Waals surface area contributed by atoms with Gasteiger partial charge in [-0.2, -0.15) is 0 Å². The highest BCUT2D eigenvalue weighted by molar-refractivity contribution is 8.00. The van der Waals surface area contributed by atoms with Crippen molar-refractivity contribution in [3.8, 4) is 0 Å². The van der Waals surface area contributed by atoms with E-state index in [-0.39, 0.29) is 23.3 Å². The highest BCUT2D eigenvalue weighted by Crippen LogP contribution is 2.19. The third-order valence-corrected chi connectivity index (χ3v) is 4.47. The molecule has 1 aromatic heterocycles. The molecule has 0 unspecified atom stereocenters. The number of hydrogen-bond donors (Lipinski definition) is 2. The zero-order chi connectivity index (χ0) is 17.5. The molecule has 3 aromatic rings. The molecule has 5 nitrogen and oxygen atoms in total. The molecule has 0 atom stereocenters. The zero-order valence-corrected chi connectivity index (χ0v) is 14.3. The maximum atomic E-state index is 12.0. The lowest BCUT2D eigenvalue weighted by Crippen LogP contribution is -2.25. The third-order valence-electron chi connectivity index (χ3n) is 3.54. The van der Waals surface area contributed by atoms with Crippen LogP contribution in [0, 0.1) is 0 Å². The van der Waals surface area contributed by atoms with Crippen molar-refractivity contribution in [1.82, 2.24) is 5.32 Å². The summed E-state index contributed by atoms with van der Waals surface area (Å²) < 4.78 is 5.14. The number of furan rings is 1. The minimum absolute atomic E-state index is 0.125. The number of anilines is 1. The Kier molecular flexibility index (Phi) is 5.74. The molecule has 2 aromatic carbocycles. The van der Waals surface area contributed by atoms with Gasteiger partial charge in [0.25, 0.3) is 0 Å². The van der Waals surface area contributed by atoms with Crippen LogP contribution < -0.4 is 10.6 Å². The normalized spacial score (nSPS) is 10.6. The SMILES string of the molecule is O=C(CSCC(=O)Nc1ccc2ccccc2c1)NCc1ccco1. The van der Waals surface area contributed by atoms with Gasteiger partial charge in [0.2, 0.25) is 11.8 Å². The number of benzene rings is 2. The highest BCUT2D eigenvalue weighted by Gasteiger charge is 2.07. The van der Waals surface area contributed by atoms with E-state index >= 15 is 0 Å². The molecule has 128 valence electrons. The predicted octanol–water partition coefficient (Wildman–Crippen LogP) is 3.42. The number of carbonyl (C=O) groups is 2. The van der Waals surface area contributed by atoms with E-state index in [1.807, 2.05) is 42.5 Å². The first-order valence-electron chi connectivity index (χ1n) is 7.86. The fourth-order valence-corrected chi connectivity index (χ4v) is 3.00. The molecule has 0 aliphatic heterocycles. The van der Waals surface area contributed by atoms with Gasteiger partial charge < -0.3 is 15.1 Å². The van der Waals surface area contributed by atoms with Crippen molar-refractivity contribution in [2.45, 2.75) is 6.54 Å². The summed E-state index contributed by atoms with van der Waals surface area (Å²) in [4.78, 5) is 23.7. The summed E-state index contributed by atoms with van der Waals surface area (Å²) in [6, 6.07) is 17.3. The summed E-state index contributed by atoms with van der Waals surface area (Å²) in [6.45, 7) is 0.357. The van der Waals surface area contributed by atoms with Crippen LogP contribution in [-0.2, 0) is 16.1 Å². The summed E-state index contributed by atoms with van der Waals surface area (Å²) >= 11 is 1.27. The number of fused-ring (bicyclic) bond motifs is 1. The van der Waals surface area contributed by atoms with Crippen LogP contribution in [0.25, 0.3) is 10.8 Å². The van der Waals surface area contributed by atoms with Crippen LogP contribution in [0.3, 0.4) is 0 Å². The van der Waals surface area contributed by atoms with Gasteiger partial charge in [-0.3, -0.25) is 9.59 Å². The predicted molar refractivity (Wildman–Crippen MR) is 100 cm³/mol. The van der Waals surface area contributed by atoms with Crippen LogP contribution in [0.5, 0.6) is 0 Å². The average molecular weight is 354 g/mol. The first kappa shape index (κ1) is 17.1. The maximum absolute atomic E-state index is 12.0. The maximum Gasteiger partial charge on any atom is 0.234 e. The molecule has 0 spiro atoms. The van der Waals surface area contributed by atoms with Gasteiger partial charge >= 0.3 is 0 Å². The topological polar surface area (TPSA) is 71.3 Å². The van der Waals surface area contributed by atoms with Gasteiger partial charge in [-0.25, -0.2) is 0 Å². The molecule has 0 fully saturated rings. The first-order chi connectivity index (χ1) is 12.2. The van der Waals surface area contributed by atoms with Gasteiger partial charge in [0.05, 0.1) is 24.3 Å². The van der Waals surface area contributed by atoms with E-state index < -0.39 is 0 Å². The monoisotopic (exact) mass is 354 g/mol. The summed E-state index contributed by atoms with van der Waals surface area (Å²) in [5.74, 6) is 0.902. The molecule has 0 aliphatic rings. The minimum Gasteiger partial charge on any atom is -0.467 e. The van der Waals surface area contributed by atoms with Crippen LogP contribution in [0.15, 0.2) is 65.3 Å². The van der Waals surface area contributed by atoms with Crippen LogP contribution in [0.2, 0.25) is 0 Å². The van der Waals surface area contributed by atoms with E-state index in [9.17, 15) is 9.59 Å². The summed E-state index contributed by atoms with van der Waals surface area (Å²) in [5.41, 5.74) is 0.756. The molecule has 0 saturated carbocycles. The van der Waals surface area contributed by atoms with E-state index in [2.05, 4.69) is 10.6 Å². The molecule has 0 radical (unpaired) electrons. The van der Waals surface area contributed by atoms with Crippen molar-refractivity contribution in [2.75, 3.05) is 16.8 Å². The standard InChI is InChI=1S/C19H18N2O3S/c22-18(20-11-17-6-3-9-24-17)12-25-13-19(23)21-16-8-7-14-4-1-2-5-15(14)10-16/h1-10H,11-13H2,(H,20,22)(H,21,23). The second kappa shape index (κ2) is 8.39. The molecule has 3 rings (SSSR count). The summed E-state index contributed by atoms with van der Waals surface area (Å²) in [6.07, 6.45) is 1.56. The van der Waals surface area contributed by atoms with E-state index in [1.54, 1.807) is 18.4 Å². The number of rotatable bonds is 7. The Morgan fingerprint density at radius 1 is 0.920 bits per heavy atom. The molecule has 0 aliphatic carbocycles. The quantitative estimate of drug-likeness (QED) is 0.682. The third kappa shape index (κ3) is 5.12. The fourth-order valence-electron chi connectivity index (χ4n) is 2.35. The molecule has 2 amide bonds. The van der Waals surface area contributed by atoms with E-state index in [0.717, 1.165) is 16.5 Å². The van der Waals surface area contributed by atoms with Crippen LogP contribution in [0.4, 0.5) is 5.69 Å². The number of thioether (sulfide) groups is 1. The average Bonchev–Trinajstić information content (AvgIpc) is 3.13. The Hall–Kier alpha value is -2.73. The smallest absolute Gasteiger partial charge is 0.234 e. The van der Waals surface area contributed by atoms with Gasteiger partial charge in [-0.1, -0.05) is 30.3 Å². The van der Waals surface area contributed by atoms with Crippen molar-refractivity contribution in [3.05, 3.63) is 66.6 Å². The lowest BCUT2D eigenvalue weighted by Gasteiger charge is -2.07. The van der Waals surface area contributed by atoms with Crippen LogP contribution in [0.1, 0.15) is 5.76 Å². The second-order valence-corrected chi connectivity index (χ2v) is 6.44. The largest absolute Gasteiger partial charge is 0.467 e. The lowest BCUT2D eigenvalue weighted by molar-refractivity contribution is -0.118. The fraction of sp³-hybridized carbons (Fsp3) is 0.158. The van der Waals surface area contributed by atoms with E-state index in [4.69, 9.17) is 4.42 Å². The first-order valence-corrected chi connectivity index (χ1v) is 9.02. The molecule has 1 heterocycles. The van der Waals surface area contributed by atoms with Gasteiger partial charge in [-0.05, 0) is 35.0 Å². The second-order valence-electron chi connectivity index (χ2n) is 5.46. The molecule has 0 bridgehead atoms. The number of hydrogen-bond acceptors (Lipinski definition) is 4. The molecule has 2 N–H and O–H groups in total. The lowest BCUT2D eigenvalue weighted by atomic mass is 10.1. The van der Waals surface area contributed by atoms with Crippen molar-refractivity contribution in [2.24, 2.45) is 0 Å². The van der Waals surface area contributed by atoms with Gasteiger partial charge in [0, 0.05) is 5.69 Å². The van der Waals surface area contributed by atoms with Crippen molar-refractivity contribution >= 4 is 40.0 Å². The van der Waals surface area contributed by atoms with Gasteiger partial charge in [-0.15, -0.1) is 11.8 Å². The number of carbonyl (C=O) groups excluding carboxylic acids is 2. The summed E-state index contributed by atoms with van der Waals surface area (Å²) in [7, 11) is 0. The van der Waals surface area contributed by atoms with Crippen molar-refractivity contribution < 1.29 is 14.0 Å². The Morgan fingerprint density at radius 2 is 1.72 bits per heavy atom. The molecule has 6 heteroatoms. The Morgan fingerprint density at radius 3 is 2.52 bits per heavy atom. The van der Waals surface area contributed by atoms with Crippen molar-refractivity contribution in [1.29, 1.82) is 0 Å². The molecule has 25 heavy (non-hydrogen) atoms. The molecular weight excluding hydrogens is 336 g/mol. The molecule has 0 saturated heterocycles. The van der Waals surface area contributed by atoms with E-state index in [1.165, 1.54) is 11.8 Å². The number of nitrogens with one attached hydrogen (secondary N) is 2. The van der Waals surface area contributed by atoms with Gasteiger partial charge in [0.15, 0.2) is 0 Å².